The van der Waals surface area contributed by atoms with Gasteiger partial charge in [-0.25, -0.2) is 4.79 Å². The molecule has 21 heteroatoms. The summed E-state index contributed by atoms with van der Waals surface area (Å²) < 4.78 is 147. The van der Waals surface area contributed by atoms with Gasteiger partial charge >= 0.3 is 36.8 Å². The summed E-state index contributed by atoms with van der Waals surface area (Å²) in [4.78, 5) is 26.7. The zero-order valence-electron chi connectivity index (χ0n) is 22.4. The smallest absolute Gasteiger partial charge is 0.367 e. The molecule has 1 N–H and O–H groups in total. The van der Waals surface area contributed by atoms with E-state index < -0.39 is 89.3 Å². The zero-order chi connectivity index (χ0) is 32.9. The molecule has 1 fully saturated rings. The Hall–Kier alpha value is -3.53. The highest BCUT2D eigenvalue weighted by atomic mass is 32.2. The number of halogens is 6. The van der Waals surface area contributed by atoms with E-state index in [1.807, 2.05) is 4.98 Å². The second-order valence-corrected chi connectivity index (χ2v) is 12.7. The van der Waals surface area contributed by atoms with Crippen LogP contribution in [0.15, 0.2) is 58.4 Å². The van der Waals surface area contributed by atoms with E-state index >= 15 is 0 Å². The largest absolute Gasteiger partial charge is 0.523 e. The van der Waals surface area contributed by atoms with Gasteiger partial charge in [-0.3, -0.25) is 18.5 Å². The van der Waals surface area contributed by atoms with Crippen molar-refractivity contribution >= 4 is 20.1 Å². The fourth-order valence-electron chi connectivity index (χ4n) is 4.60. The van der Waals surface area contributed by atoms with Gasteiger partial charge in [0.15, 0.2) is 12.3 Å². The minimum atomic E-state index is -6.53. The Morgan fingerprint density at radius 2 is 1.66 bits per heavy atom. The Labute approximate surface area is 244 Å². The monoisotopic (exact) mass is 676 g/mol. The molecular formula is C23H22F6N4O9S2. The van der Waals surface area contributed by atoms with E-state index in [1.165, 1.54) is 38.1 Å². The van der Waals surface area contributed by atoms with Crippen LogP contribution < -0.4 is 11.2 Å². The molecule has 4 atom stereocenters. The molecule has 0 amide bonds. The van der Waals surface area contributed by atoms with E-state index in [0.29, 0.717) is 16.3 Å². The third-order valence-corrected chi connectivity index (χ3v) is 9.05. The summed E-state index contributed by atoms with van der Waals surface area (Å²) >= 11 is 0. The van der Waals surface area contributed by atoms with E-state index in [-0.39, 0.29) is 5.56 Å². The Bertz CT molecular complexity index is 1850. The Morgan fingerprint density at radius 3 is 2.23 bits per heavy atom. The van der Waals surface area contributed by atoms with E-state index in [0.717, 1.165) is 12.3 Å². The quantitative estimate of drug-likeness (QED) is 0.202. The first kappa shape index (κ1) is 33.4. The van der Waals surface area contributed by atoms with E-state index in [9.17, 15) is 52.8 Å². The van der Waals surface area contributed by atoms with Gasteiger partial charge in [0.25, 0.3) is 5.56 Å². The fraction of sp³-hybridized carbons (Fsp3) is 0.435. The van der Waals surface area contributed by atoms with E-state index in [2.05, 4.69) is 9.28 Å². The molecule has 0 radical (unpaired) electrons. The molecule has 0 bridgehead atoms. The first-order valence-electron chi connectivity index (χ1n) is 12.3. The molecule has 0 aliphatic carbocycles. The van der Waals surface area contributed by atoms with Gasteiger partial charge in [-0.05, 0) is 25.0 Å². The lowest BCUT2D eigenvalue weighted by atomic mass is 9.88. The molecule has 2 aromatic heterocycles. The normalized spacial score (nSPS) is 23.2. The maximum Gasteiger partial charge on any atom is 0.523 e. The molecule has 1 aromatic carbocycles. The van der Waals surface area contributed by atoms with Crippen LogP contribution in [0.25, 0.3) is 0 Å². The molecule has 4 rings (SSSR count). The van der Waals surface area contributed by atoms with Crippen molar-refractivity contribution in [2.45, 2.75) is 61.9 Å². The summed E-state index contributed by atoms with van der Waals surface area (Å²) in [5.41, 5.74) is -17.6. The van der Waals surface area contributed by atoms with Crippen molar-refractivity contribution in [2.75, 3.05) is 0 Å². The van der Waals surface area contributed by atoms with E-state index in [4.69, 9.17) is 9.47 Å². The number of aromatic amines is 1. The van der Waals surface area contributed by atoms with Crippen LogP contribution in [0.1, 0.15) is 36.4 Å². The molecule has 1 aliphatic heterocycles. The lowest BCUT2D eigenvalue weighted by Crippen LogP contribution is -2.47. The lowest BCUT2D eigenvalue weighted by molar-refractivity contribution is -0.133. The van der Waals surface area contributed by atoms with Crippen LogP contribution in [0, 0.1) is 6.92 Å². The standard InChI is InChI=1S/C23H22F6N4O9S2/c1-3-21(15-9-10-30-33(15)43(36,37)22(24,25)26)17(40-12-14-7-5-4-6-8-14)16(42-44(38,39)23(27,28)29)19(41-21)32-11-13(2)18(34)31-20(32)35/h4-11,16-17,19H,3,12H2,1-2H3,(H,31,34,35)/t16-,17?,19+,21-/m0/s1. The number of hydrogen-bond donors (Lipinski definition) is 1. The van der Waals surface area contributed by atoms with Gasteiger partial charge in [0.2, 0.25) is 0 Å². The highest BCUT2D eigenvalue weighted by Crippen LogP contribution is 2.50. The fourth-order valence-corrected chi connectivity index (χ4v) is 6.04. The SMILES string of the molecule is CC[C@@]1(c2ccnn2S(=O)(=O)C(F)(F)F)O[C@@H](n2cc(C)c(=O)[nH]c2=O)[C@@H](OS(=O)(=O)C(F)(F)F)C1OCc1ccccc1. The number of aryl methyl sites for hydroxylation is 1. The van der Waals surface area contributed by atoms with Crippen LogP contribution in [-0.4, -0.2) is 58.8 Å². The maximum absolute atomic E-state index is 13.6. The molecule has 1 saturated heterocycles. The predicted molar refractivity (Wildman–Crippen MR) is 136 cm³/mol. The molecular weight excluding hydrogens is 654 g/mol. The molecule has 0 saturated carbocycles. The molecule has 13 nitrogen and oxygen atoms in total. The lowest BCUT2D eigenvalue weighted by Gasteiger charge is -2.34. The third kappa shape index (κ3) is 5.80. The van der Waals surface area contributed by atoms with Gasteiger partial charge in [-0.1, -0.05) is 37.3 Å². The van der Waals surface area contributed by atoms with Gasteiger partial charge < -0.3 is 9.47 Å². The van der Waals surface area contributed by atoms with Gasteiger partial charge in [0.05, 0.1) is 18.5 Å². The van der Waals surface area contributed by atoms with Gasteiger partial charge in [0, 0.05) is 11.8 Å². The molecule has 44 heavy (non-hydrogen) atoms. The van der Waals surface area contributed by atoms with Crippen LogP contribution >= 0.6 is 0 Å². The number of H-pyrrole nitrogens is 1. The second kappa shape index (κ2) is 11.4. The minimum Gasteiger partial charge on any atom is -0.367 e. The molecule has 0 spiro atoms. The molecule has 3 heterocycles. The molecule has 242 valence electrons. The third-order valence-electron chi connectivity index (χ3n) is 6.67. The summed E-state index contributed by atoms with van der Waals surface area (Å²) in [7, 11) is -12.8. The summed E-state index contributed by atoms with van der Waals surface area (Å²) in [6.07, 6.45) is -6.11. The van der Waals surface area contributed by atoms with Crippen LogP contribution in [0.5, 0.6) is 0 Å². The number of benzene rings is 1. The highest BCUT2D eigenvalue weighted by Gasteiger charge is 2.64. The minimum absolute atomic E-state index is 0.217. The first-order chi connectivity index (χ1) is 20.3. The predicted octanol–water partition coefficient (Wildman–Crippen LogP) is 2.39. The summed E-state index contributed by atoms with van der Waals surface area (Å²) in [6.45, 7) is 1.86. The van der Waals surface area contributed by atoms with Crippen LogP contribution in [0.3, 0.4) is 0 Å². The number of aromatic nitrogens is 4. The number of nitrogens with zero attached hydrogens (tertiary/aromatic N) is 3. The van der Waals surface area contributed by atoms with Crippen molar-refractivity contribution in [1.82, 2.24) is 18.7 Å². The van der Waals surface area contributed by atoms with Crippen molar-refractivity contribution in [3.8, 4) is 0 Å². The Balaban J connectivity index is 2.02. The van der Waals surface area contributed by atoms with Crippen molar-refractivity contribution < 1.29 is 56.8 Å². The summed E-state index contributed by atoms with van der Waals surface area (Å²) in [5, 5.41) is 3.24. The number of alkyl halides is 6. The molecule has 3 aromatic rings. The van der Waals surface area contributed by atoms with Gasteiger partial charge in [0.1, 0.15) is 11.7 Å². The van der Waals surface area contributed by atoms with Gasteiger partial charge in [-0.15, -0.1) is 0 Å². The maximum atomic E-state index is 13.6. The topological polar surface area (TPSA) is 169 Å². The zero-order valence-corrected chi connectivity index (χ0v) is 24.0. The molecule has 1 unspecified atom stereocenters. The van der Waals surface area contributed by atoms with Crippen molar-refractivity contribution in [1.29, 1.82) is 0 Å². The van der Waals surface area contributed by atoms with Crippen molar-refractivity contribution in [2.24, 2.45) is 0 Å². The summed E-state index contributed by atoms with van der Waals surface area (Å²) in [5.74, 6) is 0. The Morgan fingerprint density at radius 1 is 1.02 bits per heavy atom. The molecule has 1 aliphatic rings. The van der Waals surface area contributed by atoms with Crippen molar-refractivity contribution in [3.63, 3.8) is 0 Å². The van der Waals surface area contributed by atoms with Crippen LogP contribution in [0.2, 0.25) is 0 Å². The van der Waals surface area contributed by atoms with E-state index in [1.54, 1.807) is 6.07 Å². The average molecular weight is 677 g/mol. The first-order valence-corrected chi connectivity index (χ1v) is 15.1. The van der Waals surface area contributed by atoms with Crippen LogP contribution in [-0.2, 0) is 46.0 Å². The van der Waals surface area contributed by atoms with Gasteiger partial charge in [-0.2, -0.15) is 52.4 Å². The highest BCUT2D eigenvalue weighted by molar-refractivity contribution is 7.90. The number of ether oxygens (including phenoxy) is 2. The average Bonchev–Trinajstić information content (AvgIpc) is 3.53. The Kier molecular flexibility index (Phi) is 8.67. The van der Waals surface area contributed by atoms with Crippen molar-refractivity contribution in [3.05, 3.63) is 86.5 Å². The number of hydrogen-bond acceptors (Lipinski definition) is 10. The number of rotatable bonds is 9. The second-order valence-electron chi connectivity index (χ2n) is 9.42. The van der Waals surface area contributed by atoms with Crippen LogP contribution in [0.4, 0.5) is 26.3 Å². The summed E-state index contributed by atoms with van der Waals surface area (Å²) in [6, 6.07) is 8.38. The number of nitrogens with one attached hydrogen (secondary N) is 1.